The average Bonchev–Trinajstić information content (AvgIpc) is 2.72. The van der Waals surface area contributed by atoms with E-state index in [2.05, 4.69) is 26.6 Å². The van der Waals surface area contributed by atoms with Crippen LogP contribution in [0.1, 0.15) is 11.1 Å². The van der Waals surface area contributed by atoms with Gasteiger partial charge in [0, 0.05) is 10.2 Å². The van der Waals surface area contributed by atoms with Crippen LogP contribution in [0.4, 0.5) is 11.4 Å². The Hall–Kier alpha value is -3.35. The van der Waals surface area contributed by atoms with Crippen molar-refractivity contribution in [3.8, 4) is 6.07 Å². The summed E-state index contributed by atoms with van der Waals surface area (Å²) in [6, 6.07) is 13.9. The number of hydrogen-bond donors (Lipinski definition) is 2. The Bertz CT molecular complexity index is 1170. The van der Waals surface area contributed by atoms with Gasteiger partial charge in [0.1, 0.15) is 17.6 Å². The van der Waals surface area contributed by atoms with Crippen LogP contribution in [-0.2, 0) is 14.4 Å². The summed E-state index contributed by atoms with van der Waals surface area (Å²) < 4.78 is 0.827. The summed E-state index contributed by atoms with van der Waals surface area (Å²) in [6.45, 7) is 3.83. The lowest BCUT2D eigenvalue weighted by molar-refractivity contribution is -0.131. The normalized spacial score (nSPS) is 16.6. The van der Waals surface area contributed by atoms with E-state index >= 15 is 0 Å². The maximum Gasteiger partial charge on any atom is 0.266 e. The van der Waals surface area contributed by atoms with Crippen LogP contribution in [0.3, 0.4) is 0 Å². The van der Waals surface area contributed by atoms with Crippen molar-refractivity contribution in [2.24, 2.45) is 5.92 Å². The zero-order valence-electron chi connectivity index (χ0n) is 16.6. The third-order valence-corrected chi connectivity index (χ3v) is 5.56. The number of thiocarbonyl (C=S) groups is 1. The Morgan fingerprint density at radius 3 is 2.48 bits per heavy atom. The summed E-state index contributed by atoms with van der Waals surface area (Å²) in [5.41, 5.74) is 2.59. The van der Waals surface area contributed by atoms with Gasteiger partial charge < -0.3 is 10.6 Å². The van der Waals surface area contributed by atoms with Gasteiger partial charge >= 0.3 is 0 Å². The number of nitriles is 1. The summed E-state index contributed by atoms with van der Waals surface area (Å²) in [6.07, 6.45) is 1.06. The van der Waals surface area contributed by atoms with Crippen LogP contribution in [0.5, 0.6) is 0 Å². The maximum absolute atomic E-state index is 13.1. The van der Waals surface area contributed by atoms with E-state index in [0.29, 0.717) is 11.4 Å². The standard InChI is InChI=1S/C22H17BrN4O3S/c1-12-3-8-17(9-13(12)2)27-21(30)18(20(29)26-22(27)31)10-14(11-24)19(28)25-16-6-4-15(23)5-7-16/h3-10,18H,1-2H3,(H,25,28)(H,26,29,31)/b14-10+/t18-/m0/s1. The van der Waals surface area contributed by atoms with Crippen LogP contribution < -0.4 is 15.5 Å². The van der Waals surface area contributed by atoms with Crippen LogP contribution >= 0.6 is 28.1 Å². The first-order valence-electron chi connectivity index (χ1n) is 9.16. The third kappa shape index (κ3) is 4.87. The minimum Gasteiger partial charge on any atom is -0.321 e. The van der Waals surface area contributed by atoms with E-state index in [0.717, 1.165) is 21.7 Å². The van der Waals surface area contributed by atoms with Gasteiger partial charge in [0.15, 0.2) is 5.11 Å². The summed E-state index contributed by atoms with van der Waals surface area (Å²) in [7, 11) is 0. The Morgan fingerprint density at radius 1 is 1.19 bits per heavy atom. The van der Waals surface area contributed by atoms with E-state index in [1.165, 1.54) is 4.90 Å². The van der Waals surface area contributed by atoms with Gasteiger partial charge in [0.05, 0.1) is 5.69 Å². The Labute approximate surface area is 192 Å². The fraction of sp³-hybridized carbons (Fsp3) is 0.136. The van der Waals surface area contributed by atoms with Crippen LogP contribution in [0, 0.1) is 31.1 Å². The molecule has 0 bridgehead atoms. The van der Waals surface area contributed by atoms with Gasteiger partial charge in [-0.25, -0.2) is 0 Å². The lowest BCUT2D eigenvalue weighted by Crippen LogP contribution is -2.57. The van der Waals surface area contributed by atoms with E-state index < -0.39 is 23.6 Å². The molecule has 2 N–H and O–H groups in total. The number of carbonyl (C=O) groups excluding carboxylic acids is 3. The average molecular weight is 497 g/mol. The van der Waals surface area contributed by atoms with Crippen molar-refractivity contribution < 1.29 is 14.4 Å². The molecule has 9 heteroatoms. The van der Waals surface area contributed by atoms with Gasteiger partial charge in [-0.2, -0.15) is 5.26 Å². The fourth-order valence-corrected chi connectivity index (χ4v) is 3.47. The molecule has 0 unspecified atom stereocenters. The first-order chi connectivity index (χ1) is 14.7. The quantitative estimate of drug-likeness (QED) is 0.291. The Kier molecular flexibility index (Phi) is 6.63. The van der Waals surface area contributed by atoms with Crippen LogP contribution in [0.15, 0.2) is 58.6 Å². The molecule has 0 spiro atoms. The minimum atomic E-state index is -1.38. The van der Waals surface area contributed by atoms with Crippen LogP contribution in [-0.4, -0.2) is 22.8 Å². The lowest BCUT2D eigenvalue weighted by Gasteiger charge is -2.31. The Balaban J connectivity index is 1.89. The highest BCUT2D eigenvalue weighted by molar-refractivity contribution is 9.10. The van der Waals surface area contributed by atoms with Gasteiger partial charge in [-0.15, -0.1) is 0 Å². The molecule has 1 aliphatic rings. The fourth-order valence-electron chi connectivity index (χ4n) is 2.91. The molecule has 3 rings (SSSR count). The van der Waals surface area contributed by atoms with Crippen molar-refractivity contribution in [3.63, 3.8) is 0 Å². The highest BCUT2D eigenvalue weighted by Crippen LogP contribution is 2.25. The maximum atomic E-state index is 13.1. The molecule has 2 aromatic carbocycles. The molecule has 1 atom stereocenters. The molecule has 7 nitrogen and oxygen atoms in total. The van der Waals surface area contributed by atoms with Gasteiger partial charge in [-0.3, -0.25) is 19.3 Å². The molecule has 156 valence electrons. The molecule has 1 heterocycles. The smallest absolute Gasteiger partial charge is 0.266 e. The molecule has 0 aromatic heterocycles. The number of benzene rings is 2. The number of nitrogens with one attached hydrogen (secondary N) is 2. The van der Waals surface area contributed by atoms with Crippen molar-refractivity contribution in [1.82, 2.24) is 5.32 Å². The molecule has 2 aromatic rings. The van der Waals surface area contributed by atoms with Crippen molar-refractivity contribution in [2.45, 2.75) is 13.8 Å². The molecular formula is C22H17BrN4O3S. The first kappa shape index (κ1) is 22.3. The molecule has 0 saturated carbocycles. The molecular weight excluding hydrogens is 480 g/mol. The number of hydrogen-bond acceptors (Lipinski definition) is 5. The third-order valence-electron chi connectivity index (χ3n) is 4.75. The number of anilines is 2. The van der Waals surface area contributed by atoms with Crippen LogP contribution in [0.2, 0.25) is 0 Å². The van der Waals surface area contributed by atoms with Gasteiger partial charge in [0.25, 0.3) is 5.91 Å². The summed E-state index contributed by atoms with van der Waals surface area (Å²) in [5, 5.41) is 14.4. The van der Waals surface area contributed by atoms with E-state index in [-0.39, 0.29) is 10.7 Å². The number of amides is 3. The second-order valence-corrected chi connectivity index (χ2v) is 8.17. The summed E-state index contributed by atoms with van der Waals surface area (Å²) in [4.78, 5) is 39.3. The second-order valence-electron chi connectivity index (χ2n) is 6.87. The molecule has 1 fully saturated rings. The van der Waals surface area contributed by atoms with E-state index in [9.17, 15) is 19.6 Å². The van der Waals surface area contributed by atoms with Crippen LogP contribution in [0.25, 0.3) is 0 Å². The monoisotopic (exact) mass is 496 g/mol. The summed E-state index contributed by atoms with van der Waals surface area (Å²) in [5.74, 6) is -3.43. The Morgan fingerprint density at radius 2 is 1.87 bits per heavy atom. The lowest BCUT2D eigenvalue weighted by atomic mass is 10.00. The topological polar surface area (TPSA) is 102 Å². The van der Waals surface area contributed by atoms with Crippen molar-refractivity contribution >= 4 is 62.4 Å². The van der Waals surface area contributed by atoms with E-state index in [4.69, 9.17) is 12.2 Å². The predicted octanol–water partition coefficient (Wildman–Crippen LogP) is 3.52. The number of nitrogens with zero attached hydrogens (tertiary/aromatic N) is 2. The minimum absolute atomic E-state index is 0.0549. The molecule has 0 aliphatic carbocycles. The molecule has 31 heavy (non-hydrogen) atoms. The van der Waals surface area contributed by atoms with Crippen molar-refractivity contribution in [2.75, 3.05) is 10.2 Å². The zero-order chi connectivity index (χ0) is 22.7. The molecule has 1 saturated heterocycles. The van der Waals surface area contributed by atoms with E-state index in [1.54, 1.807) is 42.5 Å². The predicted molar refractivity (Wildman–Crippen MR) is 124 cm³/mol. The zero-order valence-corrected chi connectivity index (χ0v) is 19.0. The number of aryl methyl sites for hydroxylation is 2. The van der Waals surface area contributed by atoms with Gasteiger partial charge in [-0.1, -0.05) is 22.0 Å². The highest BCUT2D eigenvalue weighted by Gasteiger charge is 2.39. The van der Waals surface area contributed by atoms with Gasteiger partial charge in [0.2, 0.25) is 11.8 Å². The number of carbonyl (C=O) groups is 3. The number of halogens is 1. The van der Waals surface area contributed by atoms with Crippen molar-refractivity contribution in [3.05, 3.63) is 69.7 Å². The summed E-state index contributed by atoms with van der Waals surface area (Å²) >= 11 is 8.49. The van der Waals surface area contributed by atoms with Gasteiger partial charge in [-0.05, 0) is 79.7 Å². The number of rotatable bonds is 4. The first-order valence-corrected chi connectivity index (χ1v) is 10.4. The molecule has 0 radical (unpaired) electrons. The SMILES string of the molecule is Cc1ccc(N2C(=O)[C@@H](/C=C(\C#N)C(=O)Nc3ccc(Br)cc3)C(=O)NC2=S)cc1C. The largest absolute Gasteiger partial charge is 0.321 e. The van der Waals surface area contributed by atoms with Crippen molar-refractivity contribution in [1.29, 1.82) is 5.26 Å². The molecule has 3 amide bonds. The highest BCUT2D eigenvalue weighted by atomic mass is 79.9. The van der Waals surface area contributed by atoms with E-state index in [1.807, 2.05) is 19.9 Å². The second kappa shape index (κ2) is 9.20. The molecule has 1 aliphatic heterocycles.